The molecule has 4 nitrogen and oxygen atoms in total. The highest BCUT2D eigenvalue weighted by Crippen LogP contribution is 2.34. The first-order valence-corrected chi connectivity index (χ1v) is 8.20. The molecular formula is C13H17BrN4S. The number of halogens is 1. The first-order chi connectivity index (χ1) is 9.16. The molecule has 0 saturated heterocycles. The van der Waals surface area contributed by atoms with Gasteiger partial charge in [0, 0.05) is 16.8 Å². The van der Waals surface area contributed by atoms with Gasteiger partial charge in [-0.25, -0.2) is 4.68 Å². The molecular weight excluding hydrogens is 324 g/mol. The number of hydrogen-bond donors (Lipinski definition) is 1. The van der Waals surface area contributed by atoms with Gasteiger partial charge in [0.25, 0.3) is 0 Å². The molecule has 1 unspecified atom stereocenters. The minimum Gasteiger partial charge on any atom is -0.318 e. The Morgan fingerprint density at radius 3 is 2.89 bits per heavy atom. The van der Waals surface area contributed by atoms with Crippen molar-refractivity contribution >= 4 is 27.3 Å². The Hall–Kier alpha value is -0.720. The second kappa shape index (κ2) is 5.34. The molecule has 19 heavy (non-hydrogen) atoms. The number of hydrogen-bond acceptors (Lipinski definition) is 4. The lowest BCUT2D eigenvalue weighted by atomic mass is 10.1. The van der Waals surface area contributed by atoms with Gasteiger partial charge in [-0.05, 0) is 53.2 Å². The van der Waals surface area contributed by atoms with E-state index in [4.69, 9.17) is 5.73 Å². The van der Waals surface area contributed by atoms with Gasteiger partial charge in [-0.3, -0.25) is 0 Å². The second-order valence-corrected chi connectivity index (χ2v) is 6.94. The molecule has 0 aliphatic heterocycles. The fraction of sp³-hybridized carbons (Fsp3) is 0.538. The van der Waals surface area contributed by atoms with E-state index >= 15 is 0 Å². The lowest BCUT2D eigenvalue weighted by Gasteiger charge is -2.09. The van der Waals surface area contributed by atoms with Gasteiger partial charge >= 0.3 is 0 Å². The van der Waals surface area contributed by atoms with Crippen molar-refractivity contribution in [1.29, 1.82) is 0 Å². The predicted octanol–water partition coefficient (Wildman–Crippen LogP) is 2.96. The van der Waals surface area contributed by atoms with Crippen molar-refractivity contribution in [2.24, 2.45) is 12.8 Å². The van der Waals surface area contributed by atoms with E-state index in [1.807, 2.05) is 18.4 Å². The summed E-state index contributed by atoms with van der Waals surface area (Å²) in [6, 6.07) is 2.14. The Labute approximate surface area is 125 Å². The van der Waals surface area contributed by atoms with Crippen LogP contribution in [0.2, 0.25) is 0 Å². The zero-order chi connectivity index (χ0) is 13.4. The number of rotatable bonds is 2. The van der Waals surface area contributed by atoms with Crippen LogP contribution in [0.5, 0.6) is 0 Å². The Kier molecular flexibility index (Phi) is 3.73. The number of thiophene rings is 1. The lowest BCUT2D eigenvalue weighted by molar-refractivity contribution is 0.654. The van der Waals surface area contributed by atoms with E-state index in [1.165, 1.54) is 47.4 Å². The average molecular weight is 341 g/mol. The van der Waals surface area contributed by atoms with Gasteiger partial charge in [0.2, 0.25) is 0 Å². The van der Waals surface area contributed by atoms with Crippen LogP contribution in [0.4, 0.5) is 0 Å². The molecule has 0 saturated carbocycles. The number of fused-ring (bicyclic) bond motifs is 1. The molecule has 1 aliphatic carbocycles. The molecule has 0 bridgehead atoms. The smallest absolute Gasteiger partial charge is 0.153 e. The van der Waals surface area contributed by atoms with E-state index in [0.717, 1.165) is 10.3 Å². The van der Waals surface area contributed by atoms with Crippen LogP contribution in [0, 0.1) is 0 Å². The van der Waals surface area contributed by atoms with Crippen LogP contribution in [0.1, 0.15) is 46.3 Å². The van der Waals surface area contributed by atoms with E-state index in [9.17, 15) is 0 Å². The number of aromatic nitrogens is 3. The summed E-state index contributed by atoms with van der Waals surface area (Å²) >= 11 is 5.29. The molecule has 0 aromatic carbocycles. The maximum absolute atomic E-state index is 6.39. The molecule has 2 N–H and O–H groups in total. The molecule has 1 atom stereocenters. The fourth-order valence-corrected chi connectivity index (χ4v) is 4.48. The highest BCUT2D eigenvalue weighted by atomic mass is 79.9. The van der Waals surface area contributed by atoms with Gasteiger partial charge in [-0.15, -0.1) is 16.4 Å². The fourth-order valence-electron chi connectivity index (χ4n) is 2.65. The summed E-state index contributed by atoms with van der Waals surface area (Å²) in [7, 11) is 1.88. The van der Waals surface area contributed by atoms with Crippen molar-refractivity contribution in [3.05, 3.63) is 31.7 Å². The summed E-state index contributed by atoms with van der Waals surface area (Å²) in [6.07, 6.45) is 6.36. The summed E-state index contributed by atoms with van der Waals surface area (Å²) in [5, 5.41) is 8.02. The van der Waals surface area contributed by atoms with Crippen LogP contribution in [-0.2, 0) is 19.9 Å². The van der Waals surface area contributed by atoms with E-state index in [2.05, 4.69) is 32.3 Å². The largest absolute Gasteiger partial charge is 0.318 e. The predicted molar refractivity (Wildman–Crippen MR) is 80.3 cm³/mol. The van der Waals surface area contributed by atoms with Crippen molar-refractivity contribution in [3.8, 4) is 0 Å². The summed E-state index contributed by atoms with van der Waals surface area (Å²) in [6.45, 7) is 0. The van der Waals surface area contributed by atoms with Crippen LogP contribution >= 0.6 is 27.3 Å². The highest BCUT2D eigenvalue weighted by Gasteiger charge is 2.22. The van der Waals surface area contributed by atoms with Crippen LogP contribution in [0.3, 0.4) is 0 Å². The second-order valence-electron chi connectivity index (χ2n) is 5.02. The van der Waals surface area contributed by atoms with E-state index in [-0.39, 0.29) is 6.04 Å². The Balaban J connectivity index is 1.94. The van der Waals surface area contributed by atoms with Crippen LogP contribution in [0.15, 0.2) is 10.7 Å². The minimum absolute atomic E-state index is 0.147. The minimum atomic E-state index is -0.147. The SMILES string of the molecule is Cn1nnc(Br)c1C(N)c1cc2c(s1)CCCCC2. The van der Waals surface area contributed by atoms with Gasteiger partial charge in [0.05, 0.1) is 11.7 Å². The van der Waals surface area contributed by atoms with Gasteiger partial charge in [0.15, 0.2) is 4.60 Å². The molecule has 1 aliphatic rings. The molecule has 0 amide bonds. The first-order valence-electron chi connectivity index (χ1n) is 6.59. The standard InChI is InChI=1S/C13H17BrN4S/c1-18-12(13(14)16-17-18)11(15)10-7-8-5-3-2-4-6-9(8)19-10/h7,11H,2-6,15H2,1H3. The molecule has 2 heterocycles. The molecule has 102 valence electrons. The van der Waals surface area contributed by atoms with Gasteiger partial charge in [-0.2, -0.15) is 0 Å². The number of nitrogens with two attached hydrogens (primary N) is 1. The Morgan fingerprint density at radius 2 is 2.16 bits per heavy atom. The highest BCUT2D eigenvalue weighted by molar-refractivity contribution is 9.10. The van der Waals surface area contributed by atoms with Crippen LogP contribution in [0.25, 0.3) is 0 Å². The van der Waals surface area contributed by atoms with Crippen LogP contribution in [-0.4, -0.2) is 15.0 Å². The third kappa shape index (κ3) is 2.49. The van der Waals surface area contributed by atoms with Crippen molar-refractivity contribution in [2.75, 3.05) is 0 Å². The van der Waals surface area contributed by atoms with Gasteiger partial charge in [-0.1, -0.05) is 11.6 Å². The van der Waals surface area contributed by atoms with E-state index in [1.54, 1.807) is 4.68 Å². The molecule has 0 fully saturated rings. The molecule has 0 spiro atoms. The lowest BCUT2D eigenvalue weighted by Crippen LogP contribution is -2.15. The molecule has 2 aromatic rings. The topological polar surface area (TPSA) is 56.7 Å². The van der Waals surface area contributed by atoms with Crippen LogP contribution < -0.4 is 5.73 Å². The van der Waals surface area contributed by atoms with E-state index in [0.29, 0.717) is 0 Å². The van der Waals surface area contributed by atoms with Crippen molar-refractivity contribution < 1.29 is 0 Å². The summed E-state index contributed by atoms with van der Waals surface area (Å²) in [4.78, 5) is 2.74. The Morgan fingerprint density at radius 1 is 1.37 bits per heavy atom. The van der Waals surface area contributed by atoms with E-state index < -0.39 is 0 Å². The summed E-state index contributed by atoms with van der Waals surface area (Å²) < 4.78 is 2.49. The quantitative estimate of drug-likeness (QED) is 0.855. The maximum atomic E-state index is 6.39. The molecule has 6 heteroatoms. The summed E-state index contributed by atoms with van der Waals surface area (Å²) in [5.74, 6) is 0. The van der Waals surface area contributed by atoms with Crippen molar-refractivity contribution in [3.63, 3.8) is 0 Å². The molecule has 2 aromatic heterocycles. The third-order valence-electron chi connectivity index (χ3n) is 3.69. The summed E-state index contributed by atoms with van der Waals surface area (Å²) in [5.41, 5.74) is 8.83. The average Bonchev–Trinajstić information content (AvgIpc) is 2.86. The third-order valence-corrected chi connectivity index (χ3v) is 5.58. The molecule has 0 radical (unpaired) electrons. The first kappa shape index (κ1) is 13.3. The Bertz CT molecular complexity index is 546. The molecule has 3 rings (SSSR count). The zero-order valence-electron chi connectivity index (χ0n) is 10.9. The number of nitrogens with zero attached hydrogens (tertiary/aromatic N) is 3. The maximum Gasteiger partial charge on any atom is 0.153 e. The van der Waals surface area contributed by atoms with Crippen molar-refractivity contribution in [2.45, 2.75) is 38.1 Å². The normalized spacial score (nSPS) is 17.0. The monoisotopic (exact) mass is 340 g/mol. The van der Waals surface area contributed by atoms with Gasteiger partial charge < -0.3 is 5.73 Å². The van der Waals surface area contributed by atoms with Gasteiger partial charge in [0.1, 0.15) is 0 Å². The number of aryl methyl sites for hydroxylation is 3. The van der Waals surface area contributed by atoms with Crippen molar-refractivity contribution in [1.82, 2.24) is 15.0 Å². The zero-order valence-corrected chi connectivity index (χ0v) is 13.3.